The number of carbonyl (C=O) groups is 2. The number of carboxylic acid groups (broad SMARTS) is 1. The van der Waals surface area contributed by atoms with E-state index in [1.54, 1.807) is 19.2 Å². The molecule has 0 spiro atoms. The number of hydrogen-bond donors (Lipinski definition) is 1. The summed E-state index contributed by atoms with van der Waals surface area (Å²) in [6.45, 7) is 0. The third-order valence-corrected chi connectivity index (χ3v) is 3.02. The predicted molar refractivity (Wildman–Crippen MR) is 59.2 cm³/mol. The van der Waals surface area contributed by atoms with Crippen molar-refractivity contribution in [1.29, 1.82) is 0 Å². The van der Waals surface area contributed by atoms with Gasteiger partial charge in [0.25, 0.3) is 0 Å². The summed E-state index contributed by atoms with van der Waals surface area (Å²) in [5.74, 6) is -1.34. The molecule has 84 valence electrons. The van der Waals surface area contributed by atoms with Crippen molar-refractivity contribution in [1.82, 2.24) is 0 Å². The van der Waals surface area contributed by atoms with Crippen molar-refractivity contribution in [2.45, 2.75) is 12.8 Å². The molecular weight excluding hydrogens is 206 g/mol. The van der Waals surface area contributed by atoms with Crippen LogP contribution < -0.4 is 4.90 Å². The molecule has 0 heterocycles. The highest BCUT2D eigenvalue weighted by atomic mass is 16.4. The first-order valence-corrected chi connectivity index (χ1v) is 5.14. The van der Waals surface area contributed by atoms with Crippen LogP contribution in [-0.2, 0) is 9.59 Å². The highest BCUT2D eigenvalue weighted by molar-refractivity contribution is 6.11. The van der Waals surface area contributed by atoms with Crippen LogP contribution in [0.25, 0.3) is 0 Å². The summed E-state index contributed by atoms with van der Waals surface area (Å²) < 4.78 is 0. The van der Waals surface area contributed by atoms with E-state index in [1.165, 1.54) is 4.90 Å². The van der Waals surface area contributed by atoms with E-state index in [2.05, 4.69) is 0 Å². The van der Waals surface area contributed by atoms with Crippen molar-refractivity contribution < 1.29 is 14.7 Å². The molecule has 2 rings (SSSR count). The maximum atomic E-state index is 12.0. The van der Waals surface area contributed by atoms with Crippen LogP contribution in [0.15, 0.2) is 30.3 Å². The van der Waals surface area contributed by atoms with E-state index in [0.717, 1.165) is 5.69 Å². The van der Waals surface area contributed by atoms with E-state index in [4.69, 9.17) is 5.11 Å². The fourth-order valence-electron chi connectivity index (χ4n) is 1.73. The molecule has 0 atom stereocenters. The van der Waals surface area contributed by atoms with Gasteiger partial charge in [0.15, 0.2) is 0 Å². The van der Waals surface area contributed by atoms with E-state index in [9.17, 15) is 9.59 Å². The smallest absolute Gasteiger partial charge is 0.319 e. The summed E-state index contributed by atoms with van der Waals surface area (Å²) in [6.07, 6.45) is 0.886. The molecule has 4 nitrogen and oxygen atoms in total. The van der Waals surface area contributed by atoms with E-state index in [-0.39, 0.29) is 5.91 Å². The van der Waals surface area contributed by atoms with Crippen molar-refractivity contribution in [2.75, 3.05) is 11.9 Å². The van der Waals surface area contributed by atoms with Gasteiger partial charge in [0.05, 0.1) is 0 Å². The lowest BCUT2D eigenvalue weighted by Crippen LogP contribution is -2.38. The number of para-hydroxylation sites is 1. The molecule has 1 saturated carbocycles. The Kier molecular flexibility index (Phi) is 2.42. The molecule has 0 unspecified atom stereocenters. The zero-order valence-corrected chi connectivity index (χ0v) is 9.01. The molecular formula is C12H13NO3. The second kappa shape index (κ2) is 3.63. The molecule has 0 aromatic heterocycles. The Morgan fingerprint density at radius 2 is 1.81 bits per heavy atom. The van der Waals surface area contributed by atoms with Gasteiger partial charge in [-0.3, -0.25) is 9.59 Å². The minimum absolute atomic E-state index is 0.328. The number of amides is 1. The molecule has 1 aromatic carbocycles. The third-order valence-electron chi connectivity index (χ3n) is 3.02. The Labute approximate surface area is 93.5 Å². The van der Waals surface area contributed by atoms with Gasteiger partial charge >= 0.3 is 5.97 Å². The van der Waals surface area contributed by atoms with Crippen molar-refractivity contribution in [3.8, 4) is 0 Å². The fourth-order valence-corrected chi connectivity index (χ4v) is 1.73. The number of nitrogens with zero attached hydrogens (tertiary/aromatic N) is 1. The van der Waals surface area contributed by atoms with Crippen LogP contribution in [0.1, 0.15) is 12.8 Å². The van der Waals surface area contributed by atoms with Crippen LogP contribution in [0.5, 0.6) is 0 Å². The van der Waals surface area contributed by atoms with Gasteiger partial charge < -0.3 is 10.0 Å². The normalized spacial score (nSPS) is 16.6. The third kappa shape index (κ3) is 1.56. The molecule has 1 fully saturated rings. The fraction of sp³-hybridized carbons (Fsp3) is 0.333. The lowest BCUT2D eigenvalue weighted by atomic mass is 10.1. The molecule has 0 bridgehead atoms. The maximum Gasteiger partial charge on any atom is 0.319 e. The lowest BCUT2D eigenvalue weighted by molar-refractivity contribution is -0.148. The maximum absolute atomic E-state index is 12.0. The Morgan fingerprint density at radius 3 is 2.25 bits per heavy atom. The summed E-state index contributed by atoms with van der Waals surface area (Å²) in [5, 5.41) is 9.02. The summed E-state index contributed by atoms with van der Waals surface area (Å²) in [6, 6.07) is 9.07. The van der Waals surface area contributed by atoms with Crippen LogP contribution in [0.2, 0.25) is 0 Å². The highest BCUT2D eigenvalue weighted by Crippen LogP contribution is 2.47. The van der Waals surface area contributed by atoms with Gasteiger partial charge in [0, 0.05) is 12.7 Å². The van der Waals surface area contributed by atoms with Gasteiger partial charge in [-0.15, -0.1) is 0 Å². The van der Waals surface area contributed by atoms with E-state index < -0.39 is 11.4 Å². The molecule has 0 saturated heterocycles. The van der Waals surface area contributed by atoms with E-state index in [0.29, 0.717) is 12.8 Å². The quantitative estimate of drug-likeness (QED) is 0.784. The molecule has 4 heteroatoms. The monoisotopic (exact) mass is 219 g/mol. The van der Waals surface area contributed by atoms with Gasteiger partial charge in [0.1, 0.15) is 5.41 Å². The second-order valence-corrected chi connectivity index (χ2v) is 4.09. The van der Waals surface area contributed by atoms with Gasteiger partial charge in [-0.1, -0.05) is 18.2 Å². The van der Waals surface area contributed by atoms with Crippen molar-refractivity contribution in [3.63, 3.8) is 0 Å². The largest absolute Gasteiger partial charge is 0.480 e. The predicted octanol–water partition coefficient (Wildman–Crippen LogP) is 1.51. The molecule has 1 amide bonds. The standard InChI is InChI=1S/C12H13NO3/c1-13(9-5-3-2-4-6-9)10(14)12(7-8-12)11(15)16/h2-6H,7-8H2,1H3,(H,15,16). The Morgan fingerprint density at radius 1 is 1.25 bits per heavy atom. The summed E-state index contributed by atoms with van der Waals surface area (Å²) in [4.78, 5) is 24.4. The van der Waals surface area contributed by atoms with Gasteiger partial charge in [0.2, 0.25) is 5.91 Å². The molecule has 1 aliphatic carbocycles. The molecule has 1 aliphatic rings. The number of benzene rings is 1. The zero-order valence-electron chi connectivity index (χ0n) is 9.01. The van der Waals surface area contributed by atoms with Crippen molar-refractivity contribution in [2.24, 2.45) is 5.41 Å². The van der Waals surface area contributed by atoms with Crippen molar-refractivity contribution in [3.05, 3.63) is 30.3 Å². The Bertz CT molecular complexity index is 423. The first kappa shape index (κ1) is 10.7. The number of anilines is 1. The molecule has 1 aromatic rings. The molecule has 16 heavy (non-hydrogen) atoms. The topological polar surface area (TPSA) is 57.6 Å². The number of rotatable bonds is 3. The lowest BCUT2D eigenvalue weighted by Gasteiger charge is -2.20. The number of carboxylic acids is 1. The summed E-state index contributed by atoms with van der Waals surface area (Å²) in [5.41, 5.74) is -0.440. The SMILES string of the molecule is CN(C(=O)C1(C(=O)O)CC1)c1ccccc1. The molecule has 0 radical (unpaired) electrons. The number of aliphatic carboxylic acids is 1. The van der Waals surface area contributed by atoms with Crippen LogP contribution >= 0.6 is 0 Å². The van der Waals surface area contributed by atoms with E-state index >= 15 is 0 Å². The zero-order chi connectivity index (χ0) is 11.8. The van der Waals surface area contributed by atoms with Gasteiger partial charge in [-0.25, -0.2) is 0 Å². The average molecular weight is 219 g/mol. The number of carbonyl (C=O) groups excluding carboxylic acids is 1. The van der Waals surface area contributed by atoms with Crippen LogP contribution in [0, 0.1) is 5.41 Å². The first-order valence-electron chi connectivity index (χ1n) is 5.14. The first-order chi connectivity index (χ1) is 7.58. The molecule has 1 N–H and O–H groups in total. The molecule has 0 aliphatic heterocycles. The van der Waals surface area contributed by atoms with Crippen LogP contribution in [-0.4, -0.2) is 24.0 Å². The minimum atomic E-state index is -1.16. The van der Waals surface area contributed by atoms with Gasteiger partial charge in [-0.05, 0) is 25.0 Å². The average Bonchev–Trinajstić information content (AvgIpc) is 3.09. The van der Waals surface area contributed by atoms with Crippen LogP contribution in [0.4, 0.5) is 5.69 Å². The Hall–Kier alpha value is -1.84. The van der Waals surface area contributed by atoms with E-state index in [1.807, 2.05) is 18.2 Å². The summed E-state index contributed by atoms with van der Waals surface area (Å²) in [7, 11) is 1.61. The van der Waals surface area contributed by atoms with Gasteiger partial charge in [-0.2, -0.15) is 0 Å². The minimum Gasteiger partial charge on any atom is -0.480 e. The van der Waals surface area contributed by atoms with Crippen LogP contribution in [0.3, 0.4) is 0 Å². The Balaban J connectivity index is 2.21. The highest BCUT2D eigenvalue weighted by Gasteiger charge is 2.58. The second-order valence-electron chi connectivity index (χ2n) is 4.09. The number of hydrogen-bond acceptors (Lipinski definition) is 2. The van der Waals surface area contributed by atoms with Crippen molar-refractivity contribution >= 4 is 17.6 Å². The summed E-state index contributed by atoms with van der Waals surface area (Å²) >= 11 is 0.